The minimum Gasteiger partial charge on any atom is -0.492 e. The lowest BCUT2D eigenvalue weighted by Crippen LogP contribution is -2.23. The van der Waals surface area contributed by atoms with Crippen LogP contribution in [0.4, 0.5) is 0 Å². The van der Waals surface area contributed by atoms with E-state index in [1.807, 2.05) is 55.5 Å². The van der Waals surface area contributed by atoms with Crippen LogP contribution in [0.3, 0.4) is 0 Å². The number of hydrogen-bond acceptors (Lipinski definition) is 5. The molecule has 0 fully saturated rings. The molecule has 2 N–H and O–H groups in total. The normalized spacial score (nSPS) is 10.9. The van der Waals surface area contributed by atoms with Crippen LogP contribution in [0.1, 0.15) is 22.4 Å². The smallest absolute Gasteiger partial charge is 0.265 e. The third kappa shape index (κ3) is 3.68. The van der Waals surface area contributed by atoms with E-state index in [-0.39, 0.29) is 5.91 Å². The van der Waals surface area contributed by atoms with Gasteiger partial charge in [0, 0.05) is 11.1 Å². The standard InChI is InChI=1S/C20H18N4O2S/c1-2-26-15-11-16(13-7-4-3-5-8-13)27-18(15)20(25)22-12-17-23-14-9-6-10-21-19(14)24-17/h3-11H,2,12H2,1H3,(H,22,25)(H,21,23,24). The topological polar surface area (TPSA) is 79.9 Å². The van der Waals surface area contributed by atoms with Crippen molar-refractivity contribution in [3.63, 3.8) is 0 Å². The Balaban J connectivity index is 1.54. The van der Waals surface area contributed by atoms with E-state index in [0.29, 0.717) is 35.2 Å². The van der Waals surface area contributed by atoms with Gasteiger partial charge < -0.3 is 15.0 Å². The van der Waals surface area contributed by atoms with E-state index >= 15 is 0 Å². The molecule has 1 aromatic carbocycles. The number of imidazole rings is 1. The van der Waals surface area contributed by atoms with Gasteiger partial charge in [0.1, 0.15) is 16.5 Å². The largest absolute Gasteiger partial charge is 0.492 e. The highest BCUT2D eigenvalue weighted by Gasteiger charge is 2.18. The first-order valence-corrected chi connectivity index (χ1v) is 9.46. The van der Waals surface area contributed by atoms with E-state index in [1.165, 1.54) is 11.3 Å². The van der Waals surface area contributed by atoms with Gasteiger partial charge in [0.05, 0.1) is 18.7 Å². The van der Waals surface area contributed by atoms with Gasteiger partial charge in [0.2, 0.25) is 0 Å². The number of nitrogens with zero attached hydrogens (tertiary/aromatic N) is 2. The van der Waals surface area contributed by atoms with Crippen molar-refractivity contribution in [2.45, 2.75) is 13.5 Å². The van der Waals surface area contributed by atoms with Crippen molar-refractivity contribution in [1.29, 1.82) is 0 Å². The van der Waals surface area contributed by atoms with Crippen molar-refractivity contribution < 1.29 is 9.53 Å². The van der Waals surface area contributed by atoms with Gasteiger partial charge in [0.15, 0.2) is 5.65 Å². The predicted molar refractivity (Wildman–Crippen MR) is 106 cm³/mol. The lowest BCUT2D eigenvalue weighted by Gasteiger charge is -2.05. The molecule has 3 aromatic heterocycles. The quantitative estimate of drug-likeness (QED) is 0.531. The summed E-state index contributed by atoms with van der Waals surface area (Å²) in [6.07, 6.45) is 1.69. The van der Waals surface area contributed by atoms with E-state index in [2.05, 4.69) is 20.3 Å². The van der Waals surface area contributed by atoms with Crippen molar-refractivity contribution in [2.24, 2.45) is 0 Å². The Morgan fingerprint density at radius 1 is 1.22 bits per heavy atom. The van der Waals surface area contributed by atoms with Gasteiger partial charge in [-0.25, -0.2) is 9.97 Å². The molecule has 4 rings (SSSR count). The van der Waals surface area contributed by atoms with E-state index in [1.54, 1.807) is 6.20 Å². The second-order valence-corrected chi connectivity index (χ2v) is 6.90. The molecule has 0 aliphatic carbocycles. The summed E-state index contributed by atoms with van der Waals surface area (Å²) in [6, 6.07) is 15.6. The molecule has 0 unspecified atom stereocenters. The van der Waals surface area contributed by atoms with E-state index in [9.17, 15) is 4.79 Å². The lowest BCUT2D eigenvalue weighted by molar-refractivity contribution is 0.0950. The van der Waals surface area contributed by atoms with Crippen molar-refractivity contribution >= 4 is 28.4 Å². The zero-order chi connectivity index (χ0) is 18.6. The molecule has 0 bridgehead atoms. The molecule has 136 valence electrons. The third-order valence-corrected chi connectivity index (χ3v) is 5.15. The van der Waals surface area contributed by atoms with Crippen LogP contribution < -0.4 is 10.1 Å². The van der Waals surface area contributed by atoms with Crippen LogP contribution >= 0.6 is 11.3 Å². The Bertz CT molecular complexity index is 1040. The first-order chi connectivity index (χ1) is 13.2. The second kappa shape index (κ2) is 7.59. The number of aromatic nitrogens is 3. The average molecular weight is 378 g/mol. The molecule has 0 saturated heterocycles. The van der Waals surface area contributed by atoms with E-state index in [4.69, 9.17) is 4.74 Å². The number of fused-ring (bicyclic) bond motifs is 1. The van der Waals surface area contributed by atoms with Crippen LogP contribution in [0.5, 0.6) is 5.75 Å². The number of carbonyl (C=O) groups is 1. The molecule has 3 heterocycles. The van der Waals surface area contributed by atoms with Crippen molar-refractivity contribution in [3.8, 4) is 16.2 Å². The molecule has 0 saturated carbocycles. The van der Waals surface area contributed by atoms with Crippen molar-refractivity contribution in [1.82, 2.24) is 20.3 Å². The molecule has 0 radical (unpaired) electrons. The van der Waals surface area contributed by atoms with E-state index in [0.717, 1.165) is 16.0 Å². The highest BCUT2D eigenvalue weighted by Crippen LogP contribution is 2.36. The Morgan fingerprint density at radius 3 is 2.85 bits per heavy atom. The Morgan fingerprint density at radius 2 is 2.07 bits per heavy atom. The number of H-pyrrole nitrogens is 1. The maximum Gasteiger partial charge on any atom is 0.265 e. The number of pyridine rings is 1. The summed E-state index contributed by atoms with van der Waals surface area (Å²) in [5.74, 6) is 1.08. The number of hydrogen-bond donors (Lipinski definition) is 2. The van der Waals surface area contributed by atoms with Crippen LogP contribution in [-0.4, -0.2) is 27.5 Å². The van der Waals surface area contributed by atoms with Gasteiger partial charge >= 0.3 is 0 Å². The van der Waals surface area contributed by atoms with Gasteiger partial charge in [0.25, 0.3) is 5.91 Å². The summed E-state index contributed by atoms with van der Waals surface area (Å²) >= 11 is 1.42. The van der Waals surface area contributed by atoms with Crippen LogP contribution in [0.25, 0.3) is 21.6 Å². The first kappa shape index (κ1) is 17.2. The monoisotopic (exact) mass is 378 g/mol. The fraction of sp³-hybridized carbons (Fsp3) is 0.150. The summed E-state index contributed by atoms with van der Waals surface area (Å²) in [5.41, 5.74) is 2.55. The minimum atomic E-state index is -0.181. The number of amides is 1. The molecule has 4 aromatic rings. The van der Waals surface area contributed by atoms with Crippen LogP contribution in [-0.2, 0) is 6.54 Å². The van der Waals surface area contributed by atoms with Crippen LogP contribution in [0.2, 0.25) is 0 Å². The zero-order valence-electron chi connectivity index (χ0n) is 14.7. The SMILES string of the molecule is CCOc1cc(-c2ccccc2)sc1C(=O)NCc1nc2ncccc2[nH]1. The number of aromatic amines is 1. The fourth-order valence-corrected chi connectivity index (χ4v) is 3.79. The predicted octanol–water partition coefficient (Wildman–Crippen LogP) is 4.02. The minimum absolute atomic E-state index is 0.181. The van der Waals surface area contributed by atoms with Gasteiger partial charge in [-0.1, -0.05) is 30.3 Å². The van der Waals surface area contributed by atoms with Crippen molar-refractivity contribution in [3.05, 3.63) is 65.4 Å². The molecule has 0 aliphatic rings. The number of nitrogens with one attached hydrogen (secondary N) is 2. The van der Waals surface area contributed by atoms with Gasteiger partial charge in [-0.3, -0.25) is 4.79 Å². The number of carbonyl (C=O) groups excluding carboxylic acids is 1. The highest BCUT2D eigenvalue weighted by molar-refractivity contribution is 7.17. The summed E-state index contributed by atoms with van der Waals surface area (Å²) in [6.45, 7) is 2.70. The Hall–Kier alpha value is -3.19. The molecule has 1 amide bonds. The fourth-order valence-electron chi connectivity index (χ4n) is 2.76. The molecule has 0 aliphatic heterocycles. The van der Waals surface area contributed by atoms with Gasteiger partial charge in [-0.2, -0.15) is 0 Å². The Labute approximate surface area is 160 Å². The summed E-state index contributed by atoms with van der Waals surface area (Å²) in [7, 11) is 0. The molecule has 0 spiro atoms. The summed E-state index contributed by atoms with van der Waals surface area (Å²) in [5, 5.41) is 2.91. The molecular formula is C20H18N4O2S. The highest BCUT2D eigenvalue weighted by atomic mass is 32.1. The maximum atomic E-state index is 12.7. The Kier molecular flexibility index (Phi) is 4.84. The van der Waals surface area contributed by atoms with E-state index < -0.39 is 0 Å². The average Bonchev–Trinajstić information content (AvgIpc) is 3.31. The molecular weight excluding hydrogens is 360 g/mol. The number of thiophene rings is 1. The van der Waals surface area contributed by atoms with Gasteiger partial charge in [-0.15, -0.1) is 11.3 Å². The molecule has 27 heavy (non-hydrogen) atoms. The molecule has 0 atom stereocenters. The lowest BCUT2D eigenvalue weighted by atomic mass is 10.2. The first-order valence-electron chi connectivity index (χ1n) is 8.64. The van der Waals surface area contributed by atoms with Crippen LogP contribution in [0.15, 0.2) is 54.7 Å². The number of ether oxygens (including phenoxy) is 1. The third-order valence-electron chi connectivity index (χ3n) is 3.99. The summed E-state index contributed by atoms with van der Waals surface area (Å²) < 4.78 is 5.68. The summed E-state index contributed by atoms with van der Waals surface area (Å²) in [4.78, 5) is 26.0. The maximum absolute atomic E-state index is 12.7. The molecule has 7 heteroatoms. The number of rotatable bonds is 6. The number of benzene rings is 1. The van der Waals surface area contributed by atoms with Crippen LogP contribution in [0, 0.1) is 0 Å². The van der Waals surface area contributed by atoms with Crippen molar-refractivity contribution in [2.75, 3.05) is 6.61 Å². The second-order valence-electron chi connectivity index (χ2n) is 5.84. The van der Waals surface area contributed by atoms with Gasteiger partial charge in [-0.05, 0) is 30.7 Å². The molecule has 6 nitrogen and oxygen atoms in total. The zero-order valence-corrected chi connectivity index (χ0v) is 15.5.